The van der Waals surface area contributed by atoms with Crippen LogP contribution in [-0.4, -0.2) is 27.6 Å². The van der Waals surface area contributed by atoms with Gasteiger partial charge in [0.05, 0.1) is 5.25 Å². The van der Waals surface area contributed by atoms with Crippen molar-refractivity contribution in [1.29, 1.82) is 0 Å². The third-order valence-corrected chi connectivity index (χ3v) is 6.13. The van der Waals surface area contributed by atoms with Gasteiger partial charge in [-0.1, -0.05) is 66.9 Å². The summed E-state index contributed by atoms with van der Waals surface area (Å²) in [6, 6.07) is 7.93. The van der Waals surface area contributed by atoms with Gasteiger partial charge in [-0.05, 0) is 30.7 Å². The molecule has 1 aromatic heterocycles. The first-order valence-electron chi connectivity index (χ1n) is 6.95. The van der Waals surface area contributed by atoms with Crippen molar-refractivity contribution in [3.8, 4) is 0 Å². The number of nitrogens with one attached hydrogen (secondary N) is 1. The zero-order valence-electron chi connectivity index (χ0n) is 13.0. The summed E-state index contributed by atoms with van der Waals surface area (Å²) in [5.74, 6) is 0.353. The van der Waals surface area contributed by atoms with E-state index in [4.69, 9.17) is 0 Å². The third kappa shape index (κ3) is 4.47. The van der Waals surface area contributed by atoms with Crippen LogP contribution in [0.15, 0.2) is 32.9 Å². The maximum atomic E-state index is 12.4. The van der Waals surface area contributed by atoms with Crippen LogP contribution in [0.25, 0.3) is 0 Å². The van der Waals surface area contributed by atoms with E-state index in [-0.39, 0.29) is 11.2 Å². The van der Waals surface area contributed by atoms with Crippen LogP contribution in [0.4, 0.5) is 5.69 Å². The van der Waals surface area contributed by atoms with Crippen molar-refractivity contribution >= 4 is 46.5 Å². The first-order chi connectivity index (χ1) is 10.5. The number of thioether (sulfide) groups is 2. The Morgan fingerprint density at radius 2 is 1.86 bits per heavy atom. The number of para-hydroxylation sites is 1. The molecule has 0 spiro atoms. The van der Waals surface area contributed by atoms with Crippen molar-refractivity contribution in [2.75, 3.05) is 11.6 Å². The maximum absolute atomic E-state index is 12.4. The fourth-order valence-corrected chi connectivity index (χ4v) is 4.46. The molecule has 7 heteroatoms. The quantitative estimate of drug-likeness (QED) is 0.775. The van der Waals surface area contributed by atoms with Crippen molar-refractivity contribution in [2.45, 2.75) is 40.6 Å². The summed E-state index contributed by atoms with van der Waals surface area (Å²) in [4.78, 5) is 12.4. The molecule has 0 aliphatic heterocycles. The number of hydrogen-bond acceptors (Lipinski definition) is 6. The van der Waals surface area contributed by atoms with Crippen LogP contribution in [0.3, 0.4) is 0 Å². The van der Waals surface area contributed by atoms with Crippen LogP contribution in [0.5, 0.6) is 0 Å². The Labute approximate surface area is 143 Å². The molecular formula is C15H19N3OS3. The summed E-state index contributed by atoms with van der Waals surface area (Å²) in [6.45, 7) is 6.13. The lowest BCUT2D eigenvalue weighted by Gasteiger charge is -2.15. The van der Waals surface area contributed by atoms with Gasteiger partial charge in [-0.15, -0.1) is 10.2 Å². The summed E-state index contributed by atoms with van der Waals surface area (Å²) >= 11 is 4.52. The fraction of sp³-hybridized carbons (Fsp3) is 0.400. The average molecular weight is 354 g/mol. The molecule has 0 aliphatic carbocycles. The Morgan fingerprint density at radius 3 is 2.50 bits per heavy atom. The molecule has 0 saturated carbocycles. The van der Waals surface area contributed by atoms with Gasteiger partial charge in [-0.25, -0.2) is 0 Å². The van der Waals surface area contributed by atoms with E-state index >= 15 is 0 Å². The molecule has 0 radical (unpaired) electrons. The molecule has 1 amide bonds. The number of anilines is 1. The first-order valence-corrected chi connectivity index (χ1v) is 9.87. The number of aromatic nitrogens is 2. The Morgan fingerprint density at radius 1 is 1.18 bits per heavy atom. The van der Waals surface area contributed by atoms with E-state index in [9.17, 15) is 4.79 Å². The number of amides is 1. The average Bonchev–Trinajstić information content (AvgIpc) is 2.95. The van der Waals surface area contributed by atoms with Crippen LogP contribution >= 0.6 is 34.9 Å². The van der Waals surface area contributed by atoms with Gasteiger partial charge in [0.25, 0.3) is 0 Å². The predicted octanol–water partition coefficient (Wildman–Crippen LogP) is 4.50. The lowest BCUT2D eigenvalue weighted by Crippen LogP contribution is -2.23. The van der Waals surface area contributed by atoms with Crippen molar-refractivity contribution < 1.29 is 4.79 Å². The summed E-state index contributed by atoms with van der Waals surface area (Å²) < 4.78 is 1.74. The molecule has 1 heterocycles. The zero-order valence-corrected chi connectivity index (χ0v) is 15.4. The second kappa shape index (κ2) is 7.99. The third-order valence-electron chi connectivity index (χ3n) is 3.05. The largest absolute Gasteiger partial charge is 0.325 e. The Bertz CT molecular complexity index is 642. The zero-order chi connectivity index (χ0) is 16.1. The molecule has 0 aliphatic rings. The van der Waals surface area contributed by atoms with Gasteiger partial charge in [0, 0.05) is 5.69 Å². The van der Waals surface area contributed by atoms with Crippen LogP contribution in [0.1, 0.15) is 32.3 Å². The highest BCUT2D eigenvalue weighted by molar-refractivity contribution is 8.03. The molecule has 118 valence electrons. The van der Waals surface area contributed by atoms with Crippen LogP contribution < -0.4 is 5.32 Å². The van der Waals surface area contributed by atoms with Crippen LogP contribution in [0.2, 0.25) is 0 Å². The van der Waals surface area contributed by atoms with Crippen LogP contribution in [-0.2, 0) is 4.79 Å². The highest BCUT2D eigenvalue weighted by atomic mass is 32.2. The maximum Gasteiger partial charge on any atom is 0.237 e. The van der Waals surface area contributed by atoms with E-state index in [0.29, 0.717) is 5.92 Å². The summed E-state index contributed by atoms with van der Waals surface area (Å²) in [5.41, 5.74) is 2.03. The van der Waals surface area contributed by atoms with Gasteiger partial charge in [-0.3, -0.25) is 4.79 Å². The predicted molar refractivity (Wildman–Crippen MR) is 96.2 cm³/mol. The molecule has 2 aromatic rings. The van der Waals surface area contributed by atoms with E-state index in [1.807, 2.05) is 37.4 Å². The van der Waals surface area contributed by atoms with Gasteiger partial charge in [-0.2, -0.15) is 0 Å². The summed E-state index contributed by atoms with van der Waals surface area (Å²) in [6.07, 6.45) is 1.97. The van der Waals surface area contributed by atoms with Crippen LogP contribution in [0, 0.1) is 0 Å². The molecule has 22 heavy (non-hydrogen) atoms. The second-order valence-corrected chi connectivity index (χ2v) is 8.65. The lowest BCUT2D eigenvalue weighted by molar-refractivity contribution is -0.115. The van der Waals surface area contributed by atoms with Gasteiger partial charge < -0.3 is 5.32 Å². The number of rotatable bonds is 6. The SMILES string of the molecule is CSc1nnc(SC(C)C(=O)Nc2ccccc2C(C)C)s1. The van der Waals surface area contributed by atoms with Crippen molar-refractivity contribution in [1.82, 2.24) is 10.2 Å². The van der Waals surface area contributed by atoms with E-state index in [1.165, 1.54) is 23.1 Å². The van der Waals surface area contributed by atoms with Crippen molar-refractivity contribution in [2.24, 2.45) is 0 Å². The molecule has 2 rings (SSSR count). The van der Waals surface area contributed by atoms with E-state index in [1.54, 1.807) is 11.8 Å². The second-order valence-electron chi connectivity index (χ2n) is 5.03. The molecule has 1 aromatic carbocycles. The van der Waals surface area contributed by atoms with Crippen molar-refractivity contribution in [3.63, 3.8) is 0 Å². The summed E-state index contributed by atoms with van der Waals surface area (Å²) in [5, 5.41) is 10.9. The Balaban J connectivity index is 2.02. The van der Waals surface area contributed by atoms with Gasteiger partial charge in [0.1, 0.15) is 0 Å². The molecule has 4 nitrogen and oxygen atoms in total. The number of hydrogen-bond donors (Lipinski definition) is 1. The van der Waals surface area contributed by atoms with Gasteiger partial charge >= 0.3 is 0 Å². The van der Waals surface area contributed by atoms with Gasteiger partial charge in [0.2, 0.25) is 5.91 Å². The molecule has 0 saturated heterocycles. The highest BCUT2D eigenvalue weighted by Crippen LogP contribution is 2.31. The van der Waals surface area contributed by atoms with E-state index in [2.05, 4.69) is 29.4 Å². The highest BCUT2D eigenvalue weighted by Gasteiger charge is 2.18. The Kier molecular flexibility index (Phi) is 6.28. The lowest BCUT2D eigenvalue weighted by atomic mass is 10.0. The van der Waals surface area contributed by atoms with Gasteiger partial charge in [0.15, 0.2) is 8.68 Å². The smallest absolute Gasteiger partial charge is 0.237 e. The fourth-order valence-electron chi connectivity index (χ4n) is 1.88. The minimum atomic E-state index is -0.220. The molecule has 0 bridgehead atoms. The number of carbonyl (C=O) groups excluding carboxylic acids is 1. The van der Waals surface area contributed by atoms with Crippen molar-refractivity contribution in [3.05, 3.63) is 29.8 Å². The molecule has 0 fully saturated rings. The Hall–Kier alpha value is -1.05. The monoisotopic (exact) mass is 353 g/mol. The first kappa shape index (κ1) is 17.3. The minimum Gasteiger partial charge on any atom is -0.325 e. The number of carbonyl (C=O) groups is 1. The summed E-state index contributed by atoms with van der Waals surface area (Å²) in [7, 11) is 0. The molecule has 1 atom stereocenters. The minimum absolute atomic E-state index is 0.0148. The topological polar surface area (TPSA) is 54.9 Å². The normalized spacial score (nSPS) is 12.4. The number of benzene rings is 1. The number of nitrogens with zero attached hydrogens (tertiary/aromatic N) is 2. The molecule has 1 unspecified atom stereocenters. The molecular weight excluding hydrogens is 334 g/mol. The van der Waals surface area contributed by atoms with E-state index < -0.39 is 0 Å². The van der Waals surface area contributed by atoms with E-state index in [0.717, 1.165) is 19.9 Å². The molecule has 1 N–H and O–H groups in total. The standard InChI is InChI=1S/C15H19N3OS3/c1-9(2)11-7-5-6-8-12(11)16-13(19)10(3)21-15-18-17-14(20-4)22-15/h5-10H,1-4H3,(H,16,19).